The van der Waals surface area contributed by atoms with Crippen molar-refractivity contribution in [1.29, 1.82) is 0 Å². The van der Waals surface area contributed by atoms with E-state index in [0.29, 0.717) is 23.7 Å². The molecule has 1 fully saturated rings. The van der Waals surface area contributed by atoms with Crippen LogP contribution in [0.5, 0.6) is 0 Å². The Morgan fingerprint density at radius 3 is 2.38 bits per heavy atom. The first kappa shape index (κ1) is 22.2. The van der Waals surface area contributed by atoms with Gasteiger partial charge in [-0.15, -0.1) is 0 Å². The predicted octanol–water partition coefficient (Wildman–Crippen LogP) is 8.14. The van der Waals surface area contributed by atoms with Crippen molar-refractivity contribution >= 4 is 34.6 Å². The minimum Gasteiger partial charge on any atom is -0.381 e. The molecule has 2 nitrogen and oxygen atoms in total. The molecule has 3 rings (SSSR count). The second kappa shape index (κ2) is 9.99. The summed E-state index contributed by atoms with van der Waals surface area (Å²) in [6.07, 6.45) is 6.86. The molecule has 1 atom stereocenters. The molecule has 0 aromatic heterocycles. The average molecular weight is 441 g/mol. The smallest absolute Gasteiger partial charge is 0.151 e. The van der Waals surface area contributed by atoms with Gasteiger partial charge in [0, 0.05) is 23.7 Å². The number of hydrogen-bond donors (Lipinski definition) is 2. The molecule has 0 bridgehead atoms. The van der Waals surface area contributed by atoms with Gasteiger partial charge < -0.3 is 10.6 Å². The summed E-state index contributed by atoms with van der Waals surface area (Å²) in [7, 11) is 0. The molecule has 0 aliphatic heterocycles. The van der Waals surface area contributed by atoms with Gasteiger partial charge in [-0.05, 0) is 56.4 Å². The molecule has 6 heteroatoms. The quantitative estimate of drug-likeness (QED) is 0.453. The van der Waals surface area contributed by atoms with Gasteiger partial charge in [-0.3, -0.25) is 0 Å². The lowest BCUT2D eigenvalue weighted by Crippen LogP contribution is -2.18. The van der Waals surface area contributed by atoms with Crippen molar-refractivity contribution in [3.8, 4) is 11.1 Å². The van der Waals surface area contributed by atoms with Gasteiger partial charge in [0.2, 0.25) is 0 Å². The molecule has 1 aliphatic rings. The van der Waals surface area contributed by atoms with Gasteiger partial charge in [0.05, 0.1) is 16.4 Å². The van der Waals surface area contributed by atoms with Crippen LogP contribution in [0.3, 0.4) is 0 Å². The fraction of sp³-hybridized carbons (Fsp3) is 0.478. The van der Waals surface area contributed by atoms with Gasteiger partial charge in [-0.25, -0.2) is 8.78 Å². The Morgan fingerprint density at radius 2 is 1.69 bits per heavy atom. The van der Waals surface area contributed by atoms with E-state index in [1.165, 1.54) is 31.4 Å². The highest BCUT2D eigenvalue weighted by Gasteiger charge is 2.20. The van der Waals surface area contributed by atoms with Gasteiger partial charge in [-0.1, -0.05) is 49.4 Å². The summed E-state index contributed by atoms with van der Waals surface area (Å²) >= 11 is 12.8. The Kier molecular flexibility index (Phi) is 7.64. The van der Waals surface area contributed by atoms with Crippen LogP contribution in [0, 0.1) is 17.6 Å². The SMILES string of the molecule is CCC(C)Nc1ccc(-c2ccc(F)c(NCC3CCCCC3)c2Cl)c(F)c1Cl. The minimum absolute atomic E-state index is 0.0138. The summed E-state index contributed by atoms with van der Waals surface area (Å²) in [4.78, 5) is 0. The van der Waals surface area contributed by atoms with Crippen LogP contribution in [-0.4, -0.2) is 12.6 Å². The van der Waals surface area contributed by atoms with E-state index < -0.39 is 11.6 Å². The zero-order chi connectivity index (χ0) is 21.0. The lowest BCUT2D eigenvalue weighted by molar-refractivity contribution is 0.373. The fourth-order valence-corrected chi connectivity index (χ4v) is 4.34. The lowest BCUT2D eigenvalue weighted by Gasteiger charge is -2.23. The maximum Gasteiger partial charge on any atom is 0.151 e. The molecule has 0 amide bonds. The molecular formula is C23H28Cl2F2N2. The zero-order valence-electron chi connectivity index (χ0n) is 16.9. The zero-order valence-corrected chi connectivity index (χ0v) is 18.4. The van der Waals surface area contributed by atoms with Crippen LogP contribution >= 0.6 is 23.2 Å². The molecule has 1 saturated carbocycles. The second-order valence-corrected chi connectivity index (χ2v) is 8.67. The molecule has 0 heterocycles. The Balaban J connectivity index is 1.88. The van der Waals surface area contributed by atoms with Gasteiger partial charge >= 0.3 is 0 Å². The third kappa shape index (κ3) is 5.16. The number of rotatable bonds is 7. The molecule has 2 aromatic rings. The molecule has 0 saturated heterocycles. The summed E-state index contributed by atoms with van der Waals surface area (Å²) in [6.45, 7) is 4.71. The van der Waals surface area contributed by atoms with E-state index in [1.54, 1.807) is 12.1 Å². The van der Waals surface area contributed by atoms with Gasteiger partial charge in [-0.2, -0.15) is 0 Å². The Bertz CT molecular complexity index is 851. The number of hydrogen-bond acceptors (Lipinski definition) is 2. The average Bonchev–Trinajstić information content (AvgIpc) is 2.73. The van der Waals surface area contributed by atoms with Crippen LogP contribution < -0.4 is 10.6 Å². The maximum absolute atomic E-state index is 15.0. The van der Waals surface area contributed by atoms with Crippen molar-refractivity contribution in [3.05, 3.63) is 45.9 Å². The van der Waals surface area contributed by atoms with E-state index in [-0.39, 0.29) is 27.3 Å². The first-order chi connectivity index (χ1) is 13.9. The van der Waals surface area contributed by atoms with Crippen LogP contribution in [0.4, 0.5) is 20.2 Å². The molecule has 29 heavy (non-hydrogen) atoms. The van der Waals surface area contributed by atoms with Gasteiger partial charge in [0.25, 0.3) is 0 Å². The summed E-state index contributed by atoms with van der Waals surface area (Å²) in [6, 6.07) is 6.36. The fourth-order valence-electron chi connectivity index (χ4n) is 3.80. The predicted molar refractivity (Wildman–Crippen MR) is 120 cm³/mol. The lowest BCUT2D eigenvalue weighted by atomic mass is 9.89. The monoisotopic (exact) mass is 440 g/mol. The topological polar surface area (TPSA) is 24.1 Å². The third-order valence-electron chi connectivity index (χ3n) is 5.77. The molecule has 1 aliphatic carbocycles. The van der Waals surface area contributed by atoms with Crippen LogP contribution in [0.15, 0.2) is 24.3 Å². The van der Waals surface area contributed by atoms with E-state index in [9.17, 15) is 4.39 Å². The van der Waals surface area contributed by atoms with Crippen molar-refractivity contribution in [1.82, 2.24) is 0 Å². The van der Waals surface area contributed by atoms with Crippen molar-refractivity contribution in [2.45, 2.75) is 58.4 Å². The van der Waals surface area contributed by atoms with E-state index in [4.69, 9.17) is 23.2 Å². The number of benzene rings is 2. The van der Waals surface area contributed by atoms with Crippen LogP contribution in [-0.2, 0) is 0 Å². The van der Waals surface area contributed by atoms with Crippen LogP contribution in [0.25, 0.3) is 11.1 Å². The maximum atomic E-state index is 15.0. The number of anilines is 2. The second-order valence-electron chi connectivity index (χ2n) is 7.91. The Labute approximate surface area is 182 Å². The highest BCUT2D eigenvalue weighted by molar-refractivity contribution is 6.36. The van der Waals surface area contributed by atoms with E-state index in [2.05, 4.69) is 10.6 Å². The van der Waals surface area contributed by atoms with Crippen molar-refractivity contribution < 1.29 is 8.78 Å². The summed E-state index contributed by atoms with van der Waals surface area (Å²) in [5.74, 6) is -0.484. The summed E-state index contributed by atoms with van der Waals surface area (Å²) in [5, 5.41) is 6.55. The molecular weight excluding hydrogens is 413 g/mol. The van der Waals surface area contributed by atoms with Crippen molar-refractivity contribution in [2.75, 3.05) is 17.2 Å². The standard InChI is InChI=1S/C23H28Cl2F2N2/c1-3-14(2)29-19-12-10-17(22(27)21(19)25)16-9-11-18(26)23(20(16)24)28-13-15-7-5-4-6-8-15/h9-12,14-15,28-29H,3-8,13H2,1-2H3. The van der Waals surface area contributed by atoms with Crippen LogP contribution in [0.2, 0.25) is 10.0 Å². The molecule has 158 valence electrons. The van der Waals surface area contributed by atoms with E-state index in [1.807, 2.05) is 13.8 Å². The molecule has 0 spiro atoms. The van der Waals surface area contributed by atoms with Gasteiger partial charge in [0.15, 0.2) is 5.82 Å². The highest BCUT2D eigenvalue weighted by Crippen LogP contribution is 2.40. The van der Waals surface area contributed by atoms with Crippen molar-refractivity contribution in [2.24, 2.45) is 5.92 Å². The Morgan fingerprint density at radius 1 is 1.00 bits per heavy atom. The molecule has 0 radical (unpaired) electrons. The number of halogens is 4. The largest absolute Gasteiger partial charge is 0.381 e. The highest BCUT2D eigenvalue weighted by atomic mass is 35.5. The Hall–Kier alpha value is -1.52. The summed E-state index contributed by atoms with van der Waals surface area (Å²) in [5.41, 5.74) is 1.45. The van der Waals surface area contributed by atoms with Gasteiger partial charge in [0.1, 0.15) is 10.8 Å². The minimum atomic E-state index is -0.563. The van der Waals surface area contributed by atoms with Crippen molar-refractivity contribution in [3.63, 3.8) is 0 Å². The molecule has 2 aromatic carbocycles. The first-order valence-electron chi connectivity index (χ1n) is 10.4. The van der Waals surface area contributed by atoms with E-state index in [0.717, 1.165) is 19.3 Å². The number of nitrogens with one attached hydrogen (secondary N) is 2. The normalized spacial score (nSPS) is 15.9. The first-order valence-corrected chi connectivity index (χ1v) is 11.1. The molecule has 2 N–H and O–H groups in total. The molecule has 1 unspecified atom stereocenters. The van der Waals surface area contributed by atoms with E-state index >= 15 is 4.39 Å². The summed E-state index contributed by atoms with van der Waals surface area (Å²) < 4.78 is 29.5. The third-order valence-corrected chi connectivity index (χ3v) is 6.53. The van der Waals surface area contributed by atoms with Crippen LogP contribution in [0.1, 0.15) is 52.4 Å².